The van der Waals surface area contributed by atoms with Crippen LogP contribution >= 0.6 is 0 Å². The number of anilines is 1. The van der Waals surface area contributed by atoms with Crippen molar-refractivity contribution in [1.82, 2.24) is 5.32 Å². The van der Waals surface area contributed by atoms with E-state index in [4.69, 9.17) is 10.8 Å². The van der Waals surface area contributed by atoms with Gasteiger partial charge in [-0.3, -0.25) is 4.79 Å². The minimum atomic E-state index is -0.955. The van der Waals surface area contributed by atoms with Crippen molar-refractivity contribution in [2.45, 2.75) is 25.3 Å². The molecular weight excluding hydrogens is 232 g/mol. The first-order chi connectivity index (χ1) is 8.56. The van der Waals surface area contributed by atoms with E-state index in [1.807, 2.05) is 0 Å². The summed E-state index contributed by atoms with van der Waals surface area (Å²) in [6.45, 7) is 0. The van der Waals surface area contributed by atoms with Crippen LogP contribution in [0.15, 0.2) is 24.3 Å². The Morgan fingerprint density at radius 1 is 1.33 bits per heavy atom. The minimum absolute atomic E-state index is 0.0952. The van der Waals surface area contributed by atoms with Gasteiger partial charge in [0.25, 0.3) is 0 Å². The van der Waals surface area contributed by atoms with Gasteiger partial charge in [-0.25, -0.2) is 4.79 Å². The van der Waals surface area contributed by atoms with Gasteiger partial charge in [0.1, 0.15) is 6.04 Å². The Bertz CT molecular complexity index is 452. The number of rotatable bonds is 5. The van der Waals surface area contributed by atoms with Crippen LogP contribution in [-0.4, -0.2) is 23.0 Å². The second kappa shape index (κ2) is 5.08. The number of nitrogen functional groups attached to an aromatic ring is 1. The summed E-state index contributed by atoms with van der Waals surface area (Å²) in [4.78, 5) is 22.7. The van der Waals surface area contributed by atoms with E-state index in [0.717, 1.165) is 18.4 Å². The highest BCUT2D eigenvalue weighted by Crippen LogP contribution is 2.32. The molecule has 1 aromatic rings. The summed E-state index contributed by atoms with van der Waals surface area (Å²) in [5.41, 5.74) is 7.01. The van der Waals surface area contributed by atoms with Crippen molar-refractivity contribution < 1.29 is 14.7 Å². The molecule has 1 aliphatic rings. The zero-order valence-electron chi connectivity index (χ0n) is 9.93. The third-order valence-electron chi connectivity index (χ3n) is 3.02. The van der Waals surface area contributed by atoms with Crippen LogP contribution in [0.2, 0.25) is 0 Å². The molecule has 5 nitrogen and oxygen atoms in total. The van der Waals surface area contributed by atoms with Gasteiger partial charge in [-0.15, -0.1) is 0 Å². The van der Waals surface area contributed by atoms with Crippen molar-refractivity contribution in [2.75, 3.05) is 5.73 Å². The average Bonchev–Trinajstić information content (AvgIpc) is 3.13. The summed E-state index contributed by atoms with van der Waals surface area (Å²) >= 11 is 0. The van der Waals surface area contributed by atoms with Crippen LogP contribution in [-0.2, 0) is 16.0 Å². The van der Waals surface area contributed by atoms with Crippen LogP contribution in [0, 0.1) is 5.92 Å². The van der Waals surface area contributed by atoms with Crippen LogP contribution in [0.4, 0.5) is 5.69 Å². The van der Waals surface area contributed by atoms with Crippen molar-refractivity contribution in [3.05, 3.63) is 29.8 Å². The second-order valence-corrected chi connectivity index (χ2v) is 4.64. The zero-order valence-corrected chi connectivity index (χ0v) is 9.93. The number of hydrogen-bond acceptors (Lipinski definition) is 3. The van der Waals surface area contributed by atoms with E-state index < -0.39 is 12.0 Å². The van der Waals surface area contributed by atoms with Gasteiger partial charge in [0.15, 0.2) is 0 Å². The maximum absolute atomic E-state index is 11.7. The van der Waals surface area contributed by atoms with Crippen molar-refractivity contribution in [3.8, 4) is 0 Å². The molecule has 0 radical (unpaired) electrons. The molecule has 1 fully saturated rings. The van der Waals surface area contributed by atoms with E-state index in [2.05, 4.69) is 5.32 Å². The lowest BCUT2D eigenvalue weighted by molar-refractivity contribution is -0.142. The zero-order chi connectivity index (χ0) is 13.1. The minimum Gasteiger partial charge on any atom is -0.480 e. The first kappa shape index (κ1) is 12.4. The Kier molecular flexibility index (Phi) is 3.50. The van der Waals surface area contributed by atoms with Gasteiger partial charge in [0, 0.05) is 5.69 Å². The Balaban J connectivity index is 1.91. The average molecular weight is 248 g/mol. The van der Waals surface area contributed by atoms with E-state index >= 15 is 0 Å². The lowest BCUT2D eigenvalue weighted by Crippen LogP contribution is -2.43. The maximum Gasteiger partial charge on any atom is 0.326 e. The number of carbonyl (C=O) groups excluding carboxylic acids is 1. The molecule has 1 aliphatic carbocycles. The van der Waals surface area contributed by atoms with Crippen LogP contribution < -0.4 is 11.1 Å². The summed E-state index contributed by atoms with van der Waals surface area (Å²) in [6.07, 6.45) is 1.93. The molecule has 0 bridgehead atoms. The van der Waals surface area contributed by atoms with Crippen molar-refractivity contribution in [1.29, 1.82) is 0 Å². The third-order valence-corrected chi connectivity index (χ3v) is 3.02. The van der Waals surface area contributed by atoms with Crippen LogP contribution in [0.3, 0.4) is 0 Å². The van der Waals surface area contributed by atoms with E-state index in [1.165, 1.54) is 0 Å². The number of carboxylic acids is 1. The molecule has 0 aromatic heterocycles. The fourth-order valence-corrected chi connectivity index (χ4v) is 1.86. The lowest BCUT2D eigenvalue weighted by Gasteiger charge is -2.13. The number of aliphatic carboxylic acids is 1. The molecule has 1 atom stereocenters. The fourth-order valence-electron chi connectivity index (χ4n) is 1.86. The number of benzene rings is 1. The largest absolute Gasteiger partial charge is 0.480 e. The molecular formula is C13H16N2O3. The lowest BCUT2D eigenvalue weighted by atomic mass is 10.1. The quantitative estimate of drug-likeness (QED) is 0.672. The topological polar surface area (TPSA) is 92.4 Å². The van der Waals surface area contributed by atoms with E-state index in [9.17, 15) is 9.59 Å². The summed E-state index contributed by atoms with van der Waals surface area (Å²) in [5, 5.41) is 11.6. The van der Waals surface area contributed by atoms with Gasteiger partial charge in [-0.2, -0.15) is 0 Å². The maximum atomic E-state index is 11.7. The molecule has 96 valence electrons. The first-order valence-electron chi connectivity index (χ1n) is 5.93. The molecule has 1 aromatic carbocycles. The molecule has 0 aliphatic heterocycles. The smallest absolute Gasteiger partial charge is 0.326 e. The molecule has 0 saturated heterocycles. The van der Waals surface area contributed by atoms with Crippen molar-refractivity contribution >= 4 is 17.6 Å². The fraction of sp³-hybridized carbons (Fsp3) is 0.385. The van der Waals surface area contributed by atoms with Crippen LogP contribution in [0.5, 0.6) is 0 Å². The van der Waals surface area contributed by atoms with Crippen LogP contribution in [0.25, 0.3) is 0 Å². The van der Waals surface area contributed by atoms with E-state index in [0.29, 0.717) is 5.69 Å². The standard InChI is InChI=1S/C13H16N2O3/c14-10-5-1-8(2-6-10)7-11(16)15-12(13(17)18)9-3-4-9/h1-2,5-6,9,12H,3-4,7,14H2,(H,15,16)(H,17,18). The van der Waals surface area contributed by atoms with E-state index in [1.54, 1.807) is 24.3 Å². The predicted molar refractivity (Wildman–Crippen MR) is 66.8 cm³/mol. The summed E-state index contributed by atoms with van der Waals surface area (Å²) in [7, 11) is 0. The highest BCUT2D eigenvalue weighted by molar-refractivity contribution is 5.85. The SMILES string of the molecule is Nc1ccc(CC(=O)NC(C(=O)O)C2CC2)cc1. The van der Waals surface area contributed by atoms with Gasteiger partial charge in [0.05, 0.1) is 6.42 Å². The Morgan fingerprint density at radius 2 is 1.94 bits per heavy atom. The Hall–Kier alpha value is -2.04. The van der Waals surface area contributed by atoms with Crippen molar-refractivity contribution in [2.24, 2.45) is 5.92 Å². The molecule has 5 heteroatoms. The van der Waals surface area contributed by atoms with Gasteiger partial charge >= 0.3 is 5.97 Å². The number of hydrogen-bond donors (Lipinski definition) is 3. The summed E-state index contributed by atoms with van der Waals surface area (Å²) < 4.78 is 0. The highest BCUT2D eigenvalue weighted by atomic mass is 16.4. The molecule has 18 heavy (non-hydrogen) atoms. The first-order valence-corrected chi connectivity index (χ1v) is 5.93. The van der Waals surface area contributed by atoms with Gasteiger partial charge < -0.3 is 16.2 Å². The molecule has 2 rings (SSSR count). The number of carbonyl (C=O) groups is 2. The summed E-state index contributed by atoms with van der Waals surface area (Å²) in [6, 6.07) is 6.23. The Morgan fingerprint density at radius 3 is 2.44 bits per heavy atom. The number of nitrogens with one attached hydrogen (secondary N) is 1. The number of nitrogens with two attached hydrogens (primary N) is 1. The normalized spacial score (nSPS) is 16.0. The molecule has 0 heterocycles. The molecule has 1 unspecified atom stereocenters. The number of carboxylic acid groups (broad SMARTS) is 1. The molecule has 1 amide bonds. The second-order valence-electron chi connectivity index (χ2n) is 4.64. The number of amides is 1. The highest BCUT2D eigenvalue weighted by Gasteiger charge is 2.37. The molecule has 0 spiro atoms. The summed E-state index contributed by atoms with van der Waals surface area (Å²) in [5.74, 6) is -1.12. The predicted octanol–water partition coefficient (Wildman–Crippen LogP) is 0.791. The van der Waals surface area contributed by atoms with E-state index in [-0.39, 0.29) is 18.2 Å². The molecule has 4 N–H and O–H groups in total. The Labute approximate surface area is 105 Å². The van der Waals surface area contributed by atoms with Gasteiger partial charge in [0.2, 0.25) is 5.91 Å². The monoisotopic (exact) mass is 248 g/mol. The van der Waals surface area contributed by atoms with Gasteiger partial charge in [-0.1, -0.05) is 12.1 Å². The molecule has 1 saturated carbocycles. The van der Waals surface area contributed by atoms with Gasteiger partial charge in [-0.05, 0) is 36.5 Å². The van der Waals surface area contributed by atoms with Crippen molar-refractivity contribution in [3.63, 3.8) is 0 Å². The van der Waals surface area contributed by atoms with Crippen LogP contribution in [0.1, 0.15) is 18.4 Å². The third kappa shape index (κ3) is 3.23.